The zero-order valence-corrected chi connectivity index (χ0v) is 12.9. The van der Waals surface area contributed by atoms with Crippen LogP contribution in [0.15, 0.2) is 0 Å². The molecule has 0 radical (unpaired) electrons. The molecule has 4 heteroatoms. The number of rotatable bonds is 7. The van der Waals surface area contributed by atoms with Gasteiger partial charge in [-0.3, -0.25) is 4.79 Å². The molecule has 0 aliphatic carbocycles. The maximum Gasteiger partial charge on any atom is 0.307 e. The quantitative estimate of drug-likeness (QED) is 0.744. The number of aliphatic carboxylic acids is 1. The Morgan fingerprint density at radius 2 is 1.84 bits per heavy atom. The van der Waals surface area contributed by atoms with Gasteiger partial charge in [0.2, 0.25) is 0 Å². The summed E-state index contributed by atoms with van der Waals surface area (Å²) in [4.78, 5) is 13.7. The highest BCUT2D eigenvalue weighted by molar-refractivity contribution is 5.70. The summed E-state index contributed by atoms with van der Waals surface area (Å²) in [5.41, 5.74) is 0. The van der Waals surface area contributed by atoms with Gasteiger partial charge in [0.25, 0.3) is 0 Å². The van der Waals surface area contributed by atoms with Crippen LogP contribution in [0.25, 0.3) is 0 Å². The van der Waals surface area contributed by atoms with Crippen LogP contribution in [0, 0.1) is 11.8 Å². The molecule has 2 N–H and O–H groups in total. The molecule has 112 valence electrons. The lowest BCUT2D eigenvalue weighted by Crippen LogP contribution is -2.46. The molecule has 1 fully saturated rings. The molecule has 1 heterocycles. The van der Waals surface area contributed by atoms with Crippen molar-refractivity contribution in [2.24, 2.45) is 11.8 Å². The molecule has 0 amide bonds. The first-order valence-electron chi connectivity index (χ1n) is 7.60. The lowest BCUT2D eigenvalue weighted by Gasteiger charge is -2.35. The lowest BCUT2D eigenvalue weighted by atomic mass is 9.96. The van der Waals surface area contributed by atoms with E-state index in [2.05, 4.69) is 37.9 Å². The molecule has 0 spiro atoms. The Labute approximate surface area is 117 Å². The number of hydrogen-bond acceptors (Lipinski definition) is 3. The Bertz CT molecular complexity index is 271. The van der Waals surface area contributed by atoms with Gasteiger partial charge in [-0.25, -0.2) is 0 Å². The van der Waals surface area contributed by atoms with E-state index in [1.807, 2.05) is 0 Å². The number of carboxylic acid groups (broad SMARTS) is 1. The number of hydrogen-bond donors (Lipinski definition) is 2. The fraction of sp³-hybridized carbons (Fsp3) is 0.933. The van der Waals surface area contributed by atoms with E-state index < -0.39 is 5.97 Å². The number of likely N-dealkylation sites (tertiary alicyclic amines) is 1. The predicted octanol–water partition coefficient (Wildman–Crippen LogP) is 2.20. The second-order valence-corrected chi connectivity index (χ2v) is 6.48. The van der Waals surface area contributed by atoms with Crippen LogP contribution < -0.4 is 5.32 Å². The minimum atomic E-state index is -0.666. The summed E-state index contributed by atoms with van der Waals surface area (Å²) >= 11 is 0. The van der Waals surface area contributed by atoms with Crippen molar-refractivity contribution in [1.29, 1.82) is 0 Å². The molecule has 4 nitrogen and oxygen atoms in total. The van der Waals surface area contributed by atoms with Crippen molar-refractivity contribution in [3.63, 3.8) is 0 Å². The molecule has 1 saturated heterocycles. The van der Waals surface area contributed by atoms with Crippen LogP contribution in [-0.4, -0.2) is 47.7 Å². The maximum absolute atomic E-state index is 11.2. The summed E-state index contributed by atoms with van der Waals surface area (Å²) in [6.45, 7) is 11.5. The van der Waals surface area contributed by atoms with Gasteiger partial charge in [-0.2, -0.15) is 0 Å². The fourth-order valence-electron chi connectivity index (χ4n) is 2.77. The van der Waals surface area contributed by atoms with Gasteiger partial charge in [-0.15, -0.1) is 0 Å². The van der Waals surface area contributed by atoms with Crippen LogP contribution >= 0.6 is 0 Å². The Balaban J connectivity index is 2.30. The summed E-state index contributed by atoms with van der Waals surface area (Å²) in [7, 11) is 0. The molecular weight excluding hydrogens is 240 g/mol. The highest BCUT2D eigenvalue weighted by atomic mass is 16.4. The highest BCUT2D eigenvalue weighted by Gasteiger charge is 2.23. The summed E-state index contributed by atoms with van der Waals surface area (Å²) in [6, 6.07) is 1.11. The largest absolute Gasteiger partial charge is 0.481 e. The van der Waals surface area contributed by atoms with E-state index in [0.29, 0.717) is 24.5 Å². The zero-order valence-electron chi connectivity index (χ0n) is 12.9. The molecule has 19 heavy (non-hydrogen) atoms. The molecule has 0 aromatic carbocycles. The van der Waals surface area contributed by atoms with Crippen molar-refractivity contribution >= 4 is 5.97 Å². The van der Waals surface area contributed by atoms with Crippen molar-refractivity contribution in [3.05, 3.63) is 0 Å². The average Bonchev–Trinajstić information content (AvgIpc) is 2.34. The monoisotopic (exact) mass is 270 g/mol. The predicted molar refractivity (Wildman–Crippen MR) is 78.3 cm³/mol. The Morgan fingerprint density at radius 3 is 2.26 bits per heavy atom. The molecule has 0 aromatic heterocycles. The van der Waals surface area contributed by atoms with Crippen LogP contribution in [0.2, 0.25) is 0 Å². The van der Waals surface area contributed by atoms with Gasteiger partial charge >= 0.3 is 5.97 Å². The van der Waals surface area contributed by atoms with Crippen molar-refractivity contribution in [2.45, 2.75) is 59.0 Å². The number of nitrogens with one attached hydrogen (secondary N) is 1. The molecule has 0 bridgehead atoms. The van der Waals surface area contributed by atoms with Gasteiger partial charge < -0.3 is 15.3 Å². The molecule has 0 saturated carbocycles. The third kappa shape index (κ3) is 5.91. The fourth-order valence-corrected chi connectivity index (χ4v) is 2.77. The topological polar surface area (TPSA) is 52.6 Å². The minimum Gasteiger partial charge on any atom is -0.481 e. The van der Waals surface area contributed by atoms with Crippen LogP contribution in [-0.2, 0) is 4.79 Å². The standard InChI is InChI=1S/C15H30N2O2/c1-11(2)9-13(15(18)19)10-16-14-5-7-17(8-6-14)12(3)4/h11-14,16H,5-10H2,1-4H3,(H,18,19). The van der Waals surface area contributed by atoms with E-state index in [4.69, 9.17) is 0 Å². The van der Waals surface area contributed by atoms with E-state index in [1.165, 1.54) is 0 Å². The van der Waals surface area contributed by atoms with Gasteiger partial charge in [0.15, 0.2) is 0 Å². The molecular formula is C15H30N2O2. The van der Waals surface area contributed by atoms with Crippen molar-refractivity contribution in [3.8, 4) is 0 Å². The first kappa shape index (κ1) is 16.4. The lowest BCUT2D eigenvalue weighted by molar-refractivity contribution is -0.142. The van der Waals surface area contributed by atoms with Crippen molar-refractivity contribution in [2.75, 3.05) is 19.6 Å². The third-order valence-corrected chi connectivity index (χ3v) is 4.02. The summed E-state index contributed by atoms with van der Waals surface area (Å²) < 4.78 is 0. The van der Waals surface area contributed by atoms with Gasteiger partial charge in [-0.1, -0.05) is 13.8 Å². The van der Waals surface area contributed by atoms with Gasteiger partial charge in [0.1, 0.15) is 0 Å². The van der Waals surface area contributed by atoms with Crippen LogP contribution in [0.4, 0.5) is 0 Å². The van der Waals surface area contributed by atoms with Gasteiger partial charge in [-0.05, 0) is 52.1 Å². The number of carboxylic acids is 1. The Morgan fingerprint density at radius 1 is 1.26 bits per heavy atom. The maximum atomic E-state index is 11.2. The highest BCUT2D eigenvalue weighted by Crippen LogP contribution is 2.15. The molecule has 0 aromatic rings. The van der Waals surface area contributed by atoms with Crippen molar-refractivity contribution in [1.82, 2.24) is 10.2 Å². The first-order chi connectivity index (χ1) is 8.90. The second-order valence-electron chi connectivity index (χ2n) is 6.48. The molecule has 1 unspecified atom stereocenters. The second kappa shape index (κ2) is 7.85. The van der Waals surface area contributed by atoms with E-state index in [9.17, 15) is 9.90 Å². The van der Waals surface area contributed by atoms with E-state index in [-0.39, 0.29) is 5.92 Å². The average molecular weight is 270 g/mol. The number of carbonyl (C=O) groups is 1. The number of nitrogens with zero attached hydrogens (tertiary/aromatic N) is 1. The zero-order chi connectivity index (χ0) is 14.4. The van der Waals surface area contributed by atoms with Crippen LogP contribution in [0.3, 0.4) is 0 Å². The van der Waals surface area contributed by atoms with E-state index in [0.717, 1.165) is 32.4 Å². The smallest absolute Gasteiger partial charge is 0.307 e. The summed E-state index contributed by atoms with van der Waals surface area (Å²) in [6.07, 6.45) is 3.02. The normalized spacial score (nSPS) is 20.1. The number of piperidine rings is 1. The van der Waals surface area contributed by atoms with Gasteiger partial charge in [0.05, 0.1) is 5.92 Å². The van der Waals surface area contributed by atoms with E-state index in [1.54, 1.807) is 0 Å². The third-order valence-electron chi connectivity index (χ3n) is 4.02. The van der Waals surface area contributed by atoms with Gasteiger partial charge in [0, 0.05) is 18.6 Å². The first-order valence-corrected chi connectivity index (χ1v) is 7.60. The Kier molecular flexibility index (Phi) is 6.80. The molecule has 1 atom stereocenters. The SMILES string of the molecule is CC(C)CC(CNC1CCN(C(C)C)CC1)C(=O)O. The van der Waals surface area contributed by atoms with Crippen LogP contribution in [0.5, 0.6) is 0 Å². The minimum absolute atomic E-state index is 0.247. The Hall–Kier alpha value is -0.610. The van der Waals surface area contributed by atoms with Crippen molar-refractivity contribution < 1.29 is 9.90 Å². The van der Waals surface area contributed by atoms with Crippen LogP contribution in [0.1, 0.15) is 47.0 Å². The summed E-state index contributed by atoms with van der Waals surface area (Å²) in [5, 5.41) is 12.7. The molecule has 1 aliphatic heterocycles. The molecule has 1 rings (SSSR count). The summed E-state index contributed by atoms with van der Waals surface area (Å²) in [5.74, 6) is -0.477. The van der Waals surface area contributed by atoms with E-state index >= 15 is 0 Å². The molecule has 1 aliphatic rings.